The quantitative estimate of drug-likeness (QED) is 0.855. The van der Waals surface area contributed by atoms with E-state index in [4.69, 9.17) is 4.74 Å². The zero-order chi connectivity index (χ0) is 13.7. The van der Waals surface area contributed by atoms with Crippen LogP contribution >= 0.6 is 0 Å². The average Bonchev–Trinajstić information content (AvgIpc) is 2.46. The van der Waals surface area contributed by atoms with Crippen molar-refractivity contribution in [3.8, 4) is 5.75 Å². The predicted octanol–water partition coefficient (Wildman–Crippen LogP) is 3.09. The molecule has 0 spiro atoms. The van der Waals surface area contributed by atoms with Gasteiger partial charge in [-0.25, -0.2) is 0 Å². The van der Waals surface area contributed by atoms with E-state index in [0.29, 0.717) is 0 Å². The topological polar surface area (TPSA) is 46.5 Å². The Morgan fingerprint density at radius 1 is 1.05 bits per heavy atom. The Bertz CT molecular complexity index is 532. The first-order valence-electron chi connectivity index (χ1n) is 6.11. The number of carbonyl (C=O) groups is 1. The van der Waals surface area contributed by atoms with Crippen LogP contribution in [0.15, 0.2) is 54.6 Å². The number of hydrogen-bond acceptors (Lipinski definition) is 3. The molecule has 3 heteroatoms. The Morgan fingerprint density at radius 3 is 2.21 bits per heavy atom. The second-order valence-electron chi connectivity index (χ2n) is 4.34. The molecule has 98 valence electrons. The SMILES string of the molecule is COC(=O)CC(c1ccccc1)c1ccc(O)cc1. The van der Waals surface area contributed by atoms with Gasteiger partial charge in [0.05, 0.1) is 13.5 Å². The highest BCUT2D eigenvalue weighted by Gasteiger charge is 2.18. The summed E-state index contributed by atoms with van der Waals surface area (Å²) in [4.78, 5) is 11.6. The van der Waals surface area contributed by atoms with Gasteiger partial charge in [-0.15, -0.1) is 0 Å². The third-order valence-corrected chi connectivity index (χ3v) is 3.10. The lowest BCUT2D eigenvalue weighted by Gasteiger charge is -2.16. The summed E-state index contributed by atoms with van der Waals surface area (Å²) in [5.41, 5.74) is 2.04. The van der Waals surface area contributed by atoms with E-state index < -0.39 is 0 Å². The summed E-state index contributed by atoms with van der Waals surface area (Å²) in [6.07, 6.45) is 0.283. The molecule has 2 aromatic rings. The van der Waals surface area contributed by atoms with Crippen LogP contribution in [0.2, 0.25) is 0 Å². The molecule has 0 heterocycles. The van der Waals surface area contributed by atoms with Gasteiger partial charge in [-0.3, -0.25) is 4.79 Å². The van der Waals surface area contributed by atoms with Gasteiger partial charge in [-0.1, -0.05) is 42.5 Å². The molecule has 0 saturated carbocycles. The van der Waals surface area contributed by atoms with Crippen LogP contribution < -0.4 is 0 Å². The largest absolute Gasteiger partial charge is 0.508 e. The summed E-state index contributed by atoms with van der Waals surface area (Å²) in [6.45, 7) is 0. The van der Waals surface area contributed by atoms with Crippen molar-refractivity contribution >= 4 is 5.97 Å². The van der Waals surface area contributed by atoms with Crippen molar-refractivity contribution in [2.24, 2.45) is 0 Å². The summed E-state index contributed by atoms with van der Waals surface area (Å²) in [5.74, 6) is -0.0928. The fraction of sp³-hybridized carbons (Fsp3) is 0.188. The number of hydrogen-bond donors (Lipinski definition) is 1. The molecule has 0 fully saturated rings. The number of methoxy groups -OCH3 is 1. The maximum absolute atomic E-state index is 11.6. The maximum Gasteiger partial charge on any atom is 0.306 e. The van der Waals surface area contributed by atoms with Crippen LogP contribution in [0, 0.1) is 0 Å². The summed E-state index contributed by atoms with van der Waals surface area (Å²) >= 11 is 0. The molecule has 0 saturated heterocycles. The lowest BCUT2D eigenvalue weighted by Crippen LogP contribution is -2.10. The molecule has 0 radical (unpaired) electrons. The molecular weight excluding hydrogens is 240 g/mol. The van der Waals surface area contributed by atoms with Gasteiger partial charge in [-0.2, -0.15) is 0 Å². The predicted molar refractivity (Wildman–Crippen MR) is 73.0 cm³/mol. The van der Waals surface area contributed by atoms with Crippen molar-refractivity contribution in [2.75, 3.05) is 7.11 Å². The van der Waals surface area contributed by atoms with Gasteiger partial charge in [0.15, 0.2) is 0 Å². The van der Waals surface area contributed by atoms with E-state index >= 15 is 0 Å². The Kier molecular flexibility index (Phi) is 4.18. The molecule has 3 nitrogen and oxygen atoms in total. The lowest BCUT2D eigenvalue weighted by molar-refractivity contribution is -0.140. The molecule has 0 bridgehead atoms. The fourth-order valence-corrected chi connectivity index (χ4v) is 2.07. The third kappa shape index (κ3) is 3.35. The van der Waals surface area contributed by atoms with Crippen molar-refractivity contribution < 1.29 is 14.6 Å². The molecule has 0 aliphatic heterocycles. The first-order valence-corrected chi connectivity index (χ1v) is 6.11. The molecule has 1 N–H and O–H groups in total. The first kappa shape index (κ1) is 13.1. The van der Waals surface area contributed by atoms with Crippen molar-refractivity contribution in [3.05, 3.63) is 65.7 Å². The number of phenols is 1. The number of ether oxygens (including phenoxy) is 1. The monoisotopic (exact) mass is 256 g/mol. The van der Waals surface area contributed by atoms with Crippen LogP contribution in [0.4, 0.5) is 0 Å². The third-order valence-electron chi connectivity index (χ3n) is 3.10. The van der Waals surface area contributed by atoms with Gasteiger partial charge in [0.25, 0.3) is 0 Å². The van der Waals surface area contributed by atoms with Crippen molar-refractivity contribution in [3.63, 3.8) is 0 Å². The van der Waals surface area contributed by atoms with Crippen LogP contribution in [0.1, 0.15) is 23.5 Å². The number of esters is 1. The molecule has 1 atom stereocenters. The van der Waals surface area contributed by atoms with Crippen molar-refractivity contribution in [1.82, 2.24) is 0 Å². The number of rotatable bonds is 4. The zero-order valence-corrected chi connectivity index (χ0v) is 10.7. The van der Waals surface area contributed by atoms with E-state index in [9.17, 15) is 9.90 Å². The van der Waals surface area contributed by atoms with E-state index in [0.717, 1.165) is 11.1 Å². The number of phenolic OH excluding ortho intramolecular Hbond substituents is 1. The average molecular weight is 256 g/mol. The molecular formula is C16H16O3. The zero-order valence-electron chi connectivity index (χ0n) is 10.7. The van der Waals surface area contributed by atoms with Gasteiger partial charge >= 0.3 is 5.97 Å². The molecule has 19 heavy (non-hydrogen) atoms. The Labute approximate surface area is 112 Å². The number of aromatic hydroxyl groups is 1. The molecule has 2 aromatic carbocycles. The van der Waals surface area contributed by atoms with Gasteiger partial charge in [-0.05, 0) is 23.3 Å². The van der Waals surface area contributed by atoms with Crippen LogP contribution in [0.5, 0.6) is 5.75 Å². The minimum absolute atomic E-state index is 0.0609. The minimum Gasteiger partial charge on any atom is -0.508 e. The van der Waals surface area contributed by atoms with Crippen LogP contribution in [-0.2, 0) is 9.53 Å². The van der Waals surface area contributed by atoms with E-state index in [1.165, 1.54) is 7.11 Å². The highest BCUT2D eigenvalue weighted by atomic mass is 16.5. The van der Waals surface area contributed by atoms with Crippen LogP contribution in [0.25, 0.3) is 0 Å². The highest BCUT2D eigenvalue weighted by Crippen LogP contribution is 2.29. The van der Waals surface area contributed by atoms with Crippen molar-refractivity contribution in [1.29, 1.82) is 0 Å². The van der Waals surface area contributed by atoms with Gasteiger partial charge < -0.3 is 9.84 Å². The molecule has 0 aliphatic rings. The number of carbonyl (C=O) groups excluding carboxylic acids is 1. The summed E-state index contributed by atoms with van der Waals surface area (Å²) in [5, 5.41) is 9.35. The van der Waals surface area contributed by atoms with Crippen molar-refractivity contribution in [2.45, 2.75) is 12.3 Å². The van der Waals surface area contributed by atoms with Crippen LogP contribution in [-0.4, -0.2) is 18.2 Å². The Hall–Kier alpha value is -2.29. The highest BCUT2D eigenvalue weighted by molar-refractivity contribution is 5.71. The lowest BCUT2D eigenvalue weighted by atomic mass is 9.88. The normalized spacial score (nSPS) is 11.8. The Morgan fingerprint density at radius 2 is 1.63 bits per heavy atom. The standard InChI is InChI=1S/C16H16O3/c1-19-16(18)11-15(12-5-3-2-4-6-12)13-7-9-14(17)10-8-13/h2-10,15,17H,11H2,1H3. The number of benzene rings is 2. The molecule has 2 rings (SSSR count). The molecule has 0 aromatic heterocycles. The van der Waals surface area contributed by atoms with Gasteiger partial charge in [0, 0.05) is 5.92 Å². The second kappa shape index (κ2) is 6.05. The molecule has 1 unspecified atom stereocenters. The van der Waals surface area contributed by atoms with E-state index in [-0.39, 0.29) is 24.1 Å². The van der Waals surface area contributed by atoms with Gasteiger partial charge in [0.1, 0.15) is 5.75 Å². The smallest absolute Gasteiger partial charge is 0.306 e. The minimum atomic E-state index is -0.248. The molecule has 0 aliphatic carbocycles. The second-order valence-corrected chi connectivity index (χ2v) is 4.34. The van der Waals surface area contributed by atoms with E-state index in [1.807, 2.05) is 42.5 Å². The van der Waals surface area contributed by atoms with Gasteiger partial charge in [0.2, 0.25) is 0 Å². The summed E-state index contributed by atoms with van der Waals surface area (Å²) < 4.78 is 4.76. The fourth-order valence-electron chi connectivity index (χ4n) is 2.07. The molecule has 0 amide bonds. The van der Waals surface area contributed by atoms with E-state index in [1.54, 1.807) is 12.1 Å². The van der Waals surface area contributed by atoms with Crippen LogP contribution in [0.3, 0.4) is 0 Å². The Balaban J connectivity index is 2.34. The maximum atomic E-state index is 11.6. The summed E-state index contributed by atoms with van der Waals surface area (Å²) in [6, 6.07) is 16.7. The summed E-state index contributed by atoms with van der Waals surface area (Å²) in [7, 11) is 1.39. The van der Waals surface area contributed by atoms with E-state index in [2.05, 4.69) is 0 Å². The first-order chi connectivity index (χ1) is 9.20.